The second kappa shape index (κ2) is 6.01. The van der Waals surface area contributed by atoms with E-state index in [9.17, 15) is 9.59 Å². The number of aliphatic hydroxyl groups excluding tert-OH is 1. The van der Waals surface area contributed by atoms with Gasteiger partial charge in [-0.2, -0.15) is 0 Å². The quantitative estimate of drug-likeness (QED) is 0.825. The molecule has 2 N–H and O–H groups in total. The molecule has 0 saturated heterocycles. The van der Waals surface area contributed by atoms with Gasteiger partial charge in [-0.25, -0.2) is 4.90 Å². The van der Waals surface area contributed by atoms with Crippen LogP contribution in [0.15, 0.2) is 28.9 Å². The summed E-state index contributed by atoms with van der Waals surface area (Å²) in [7, 11) is 0. The standard InChI is InChI=1S/C12H9Cl3N2O3/c13-7-2-1-6(5-8(7)14)17-11(19)9(15)10(12(17)20)16-3-4-18/h1-2,5,16,18H,3-4H2. The van der Waals surface area contributed by atoms with Crippen molar-refractivity contribution < 1.29 is 14.7 Å². The largest absolute Gasteiger partial charge is 0.395 e. The molecule has 0 fully saturated rings. The molecule has 1 aromatic carbocycles. The summed E-state index contributed by atoms with van der Waals surface area (Å²) in [5.41, 5.74) is 0.227. The number of imide groups is 1. The number of anilines is 1. The van der Waals surface area contributed by atoms with Gasteiger partial charge in [-0.1, -0.05) is 34.8 Å². The van der Waals surface area contributed by atoms with Gasteiger partial charge in [0.15, 0.2) is 0 Å². The lowest BCUT2D eigenvalue weighted by molar-refractivity contribution is -0.120. The average molecular weight is 336 g/mol. The Balaban J connectivity index is 2.34. The Morgan fingerprint density at radius 1 is 1.10 bits per heavy atom. The van der Waals surface area contributed by atoms with Gasteiger partial charge in [0.25, 0.3) is 11.8 Å². The molecular weight excluding hydrogens is 327 g/mol. The van der Waals surface area contributed by atoms with Crippen LogP contribution in [0.5, 0.6) is 0 Å². The molecule has 0 bridgehead atoms. The number of halogens is 3. The normalized spacial score (nSPS) is 15.3. The van der Waals surface area contributed by atoms with Crippen molar-refractivity contribution in [1.82, 2.24) is 5.32 Å². The van der Waals surface area contributed by atoms with E-state index >= 15 is 0 Å². The van der Waals surface area contributed by atoms with Crippen LogP contribution in [0.3, 0.4) is 0 Å². The fraction of sp³-hybridized carbons (Fsp3) is 0.167. The summed E-state index contributed by atoms with van der Waals surface area (Å²) in [4.78, 5) is 25.1. The Hall–Kier alpha value is -1.27. The number of hydrogen-bond donors (Lipinski definition) is 2. The van der Waals surface area contributed by atoms with Crippen LogP contribution in [0.2, 0.25) is 10.0 Å². The Kier molecular flexibility index (Phi) is 4.55. The van der Waals surface area contributed by atoms with Crippen molar-refractivity contribution in [3.8, 4) is 0 Å². The first kappa shape index (κ1) is 15.1. The maximum Gasteiger partial charge on any atom is 0.283 e. The van der Waals surface area contributed by atoms with Crippen molar-refractivity contribution >= 4 is 52.3 Å². The van der Waals surface area contributed by atoms with Gasteiger partial charge >= 0.3 is 0 Å². The lowest BCUT2D eigenvalue weighted by Gasteiger charge is -2.15. The van der Waals surface area contributed by atoms with Crippen molar-refractivity contribution in [1.29, 1.82) is 0 Å². The number of nitrogens with one attached hydrogen (secondary N) is 1. The van der Waals surface area contributed by atoms with Crippen LogP contribution in [0.4, 0.5) is 5.69 Å². The van der Waals surface area contributed by atoms with Crippen LogP contribution in [0, 0.1) is 0 Å². The van der Waals surface area contributed by atoms with E-state index in [1.165, 1.54) is 18.2 Å². The molecule has 1 heterocycles. The molecule has 2 amide bonds. The summed E-state index contributed by atoms with van der Waals surface area (Å²) < 4.78 is 0. The highest BCUT2D eigenvalue weighted by Crippen LogP contribution is 2.32. The number of carbonyl (C=O) groups is 2. The molecule has 1 aliphatic rings. The maximum atomic E-state index is 12.2. The Labute approximate surface area is 129 Å². The van der Waals surface area contributed by atoms with E-state index in [4.69, 9.17) is 39.9 Å². The van der Waals surface area contributed by atoms with Crippen molar-refractivity contribution in [2.24, 2.45) is 0 Å². The molecule has 0 atom stereocenters. The molecule has 0 aromatic heterocycles. The minimum absolute atomic E-state index is 0.0446. The van der Waals surface area contributed by atoms with Gasteiger partial charge in [0.1, 0.15) is 10.7 Å². The monoisotopic (exact) mass is 334 g/mol. The van der Waals surface area contributed by atoms with E-state index in [1.807, 2.05) is 0 Å². The zero-order chi connectivity index (χ0) is 14.9. The molecule has 5 nitrogen and oxygen atoms in total. The second-order valence-electron chi connectivity index (χ2n) is 3.88. The van der Waals surface area contributed by atoms with Crippen molar-refractivity contribution in [2.45, 2.75) is 0 Å². The lowest BCUT2D eigenvalue weighted by atomic mass is 10.3. The molecular formula is C12H9Cl3N2O3. The van der Waals surface area contributed by atoms with Gasteiger partial charge in [-0.05, 0) is 18.2 Å². The van der Waals surface area contributed by atoms with E-state index in [0.717, 1.165) is 4.90 Å². The predicted octanol–water partition coefficient (Wildman–Crippen LogP) is 1.90. The molecule has 20 heavy (non-hydrogen) atoms. The average Bonchev–Trinajstić information content (AvgIpc) is 2.62. The van der Waals surface area contributed by atoms with E-state index in [1.54, 1.807) is 0 Å². The highest BCUT2D eigenvalue weighted by Gasteiger charge is 2.38. The van der Waals surface area contributed by atoms with E-state index in [-0.39, 0.29) is 34.6 Å². The van der Waals surface area contributed by atoms with Gasteiger partial charge in [-0.15, -0.1) is 0 Å². The number of amides is 2. The number of benzene rings is 1. The third-order valence-electron chi connectivity index (χ3n) is 2.60. The predicted molar refractivity (Wildman–Crippen MR) is 76.9 cm³/mol. The SMILES string of the molecule is O=C1C(Cl)=C(NCCO)C(=O)N1c1ccc(Cl)c(Cl)c1. The molecule has 2 rings (SSSR count). The van der Waals surface area contributed by atoms with Gasteiger partial charge in [0.2, 0.25) is 0 Å². The highest BCUT2D eigenvalue weighted by atomic mass is 35.5. The molecule has 0 radical (unpaired) electrons. The van der Waals surface area contributed by atoms with Crippen LogP contribution in [-0.4, -0.2) is 30.1 Å². The Bertz CT molecular complexity index is 616. The van der Waals surface area contributed by atoms with E-state index in [0.29, 0.717) is 5.02 Å². The van der Waals surface area contributed by atoms with Crippen LogP contribution >= 0.6 is 34.8 Å². The fourth-order valence-electron chi connectivity index (χ4n) is 1.70. The first-order valence-corrected chi connectivity index (χ1v) is 6.69. The van der Waals surface area contributed by atoms with E-state index < -0.39 is 11.8 Å². The lowest BCUT2D eigenvalue weighted by Crippen LogP contribution is -2.34. The number of hydrogen-bond acceptors (Lipinski definition) is 4. The molecule has 0 unspecified atom stereocenters. The first-order chi connectivity index (χ1) is 9.47. The zero-order valence-electron chi connectivity index (χ0n) is 9.99. The van der Waals surface area contributed by atoms with Crippen LogP contribution in [-0.2, 0) is 9.59 Å². The number of aliphatic hydroxyl groups is 1. The van der Waals surface area contributed by atoms with Crippen LogP contribution in [0.1, 0.15) is 0 Å². The third-order valence-corrected chi connectivity index (χ3v) is 3.69. The second-order valence-corrected chi connectivity index (χ2v) is 5.08. The fourth-order valence-corrected chi connectivity index (χ4v) is 2.22. The van der Waals surface area contributed by atoms with E-state index in [2.05, 4.69) is 5.32 Å². The molecule has 106 valence electrons. The van der Waals surface area contributed by atoms with Crippen molar-refractivity contribution in [3.63, 3.8) is 0 Å². The summed E-state index contributed by atoms with van der Waals surface area (Å²) in [5.74, 6) is -1.26. The molecule has 1 aliphatic heterocycles. The summed E-state index contributed by atoms with van der Waals surface area (Å²) in [5, 5.41) is 11.7. The topological polar surface area (TPSA) is 69.6 Å². The number of rotatable bonds is 4. The van der Waals surface area contributed by atoms with Crippen molar-refractivity contribution in [3.05, 3.63) is 39.0 Å². The van der Waals surface area contributed by atoms with Crippen LogP contribution in [0.25, 0.3) is 0 Å². The van der Waals surface area contributed by atoms with Gasteiger partial charge in [0.05, 0.1) is 22.3 Å². The molecule has 1 aromatic rings. The molecule has 0 saturated carbocycles. The molecule has 0 spiro atoms. The highest BCUT2D eigenvalue weighted by molar-refractivity contribution is 6.52. The van der Waals surface area contributed by atoms with Crippen LogP contribution < -0.4 is 10.2 Å². The summed E-state index contributed by atoms with van der Waals surface area (Å²) in [6, 6.07) is 4.37. The molecule has 0 aliphatic carbocycles. The van der Waals surface area contributed by atoms with Gasteiger partial charge < -0.3 is 10.4 Å². The number of carbonyl (C=O) groups excluding carboxylic acids is 2. The Morgan fingerprint density at radius 3 is 2.40 bits per heavy atom. The molecule has 8 heteroatoms. The maximum absolute atomic E-state index is 12.2. The summed E-state index contributed by atoms with van der Waals surface area (Å²) in [6.07, 6.45) is 0. The van der Waals surface area contributed by atoms with Gasteiger partial charge in [0, 0.05) is 6.54 Å². The minimum Gasteiger partial charge on any atom is -0.395 e. The third kappa shape index (κ3) is 2.62. The number of nitrogens with zero attached hydrogens (tertiary/aromatic N) is 1. The first-order valence-electron chi connectivity index (χ1n) is 5.55. The summed E-state index contributed by atoms with van der Waals surface area (Å²) in [6.45, 7) is -0.0816. The minimum atomic E-state index is -0.657. The van der Waals surface area contributed by atoms with Crippen molar-refractivity contribution in [2.75, 3.05) is 18.1 Å². The summed E-state index contributed by atoms with van der Waals surface area (Å²) >= 11 is 17.5. The Morgan fingerprint density at radius 2 is 1.80 bits per heavy atom. The smallest absolute Gasteiger partial charge is 0.283 e. The zero-order valence-corrected chi connectivity index (χ0v) is 12.3. The van der Waals surface area contributed by atoms with Gasteiger partial charge in [-0.3, -0.25) is 9.59 Å².